The molecule has 0 aliphatic carbocycles. The van der Waals surface area contributed by atoms with E-state index in [-0.39, 0.29) is 34.9 Å². The smallest absolute Gasteiger partial charge is 0.258 e. The summed E-state index contributed by atoms with van der Waals surface area (Å²) in [5.41, 5.74) is 0.996. The molecule has 0 spiro atoms. The van der Waals surface area contributed by atoms with Crippen LogP contribution < -0.4 is 5.32 Å². The standard InChI is InChI=1S/C25H27ClFN7O2/c26-19-7-4-8-20(27)24(19)25(36)34-14-17-12-33(13-18(17)15-34)10-9-21(16-5-2-1-3-6-16)28-23(35)11-22-29-31-32-30-22/h1-8,17-18,21H,9-15H2,(H,28,35)(H,29,30,31,32). The second kappa shape index (κ2) is 10.7. The Labute approximate surface area is 213 Å². The Kier molecular flexibility index (Phi) is 7.24. The minimum absolute atomic E-state index is 0.0433. The molecule has 0 saturated carbocycles. The van der Waals surface area contributed by atoms with Crippen molar-refractivity contribution in [2.75, 3.05) is 32.7 Å². The predicted molar refractivity (Wildman–Crippen MR) is 131 cm³/mol. The van der Waals surface area contributed by atoms with Gasteiger partial charge in [0.05, 0.1) is 23.0 Å². The molecule has 2 N–H and O–H groups in total. The maximum absolute atomic E-state index is 14.2. The highest BCUT2D eigenvalue weighted by molar-refractivity contribution is 6.33. The lowest BCUT2D eigenvalue weighted by molar-refractivity contribution is -0.121. The predicted octanol–water partition coefficient (Wildman–Crippen LogP) is 2.49. The van der Waals surface area contributed by atoms with Crippen LogP contribution in [0.4, 0.5) is 4.39 Å². The van der Waals surface area contributed by atoms with Gasteiger partial charge in [-0.2, -0.15) is 5.21 Å². The molecule has 3 heterocycles. The van der Waals surface area contributed by atoms with E-state index in [2.05, 4.69) is 30.8 Å². The van der Waals surface area contributed by atoms with E-state index in [4.69, 9.17) is 11.6 Å². The highest BCUT2D eigenvalue weighted by Gasteiger charge is 2.42. The van der Waals surface area contributed by atoms with Gasteiger partial charge in [-0.1, -0.05) is 53.2 Å². The van der Waals surface area contributed by atoms with Crippen molar-refractivity contribution >= 4 is 23.4 Å². The number of H-pyrrole nitrogens is 1. The molecule has 2 aliphatic heterocycles. The highest BCUT2D eigenvalue weighted by Crippen LogP contribution is 2.33. The van der Waals surface area contributed by atoms with Gasteiger partial charge in [-0.15, -0.1) is 10.2 Å². The molecule has 2 aliphatic rings. The molecule has 2 aromatic carbocycles. The second-order valence-corrected chi connectivity index (χ2v) is 9.82. The topological polar surface area (TPSA) is 107 Å². The first-order valence-corrected chi connectivity index (χ1v) is 12.4. The number of rotatable bonds is 8. The SMILES string of the molecule is O=C(Cc1nn[nH]n1)NC(CCN1CC2CN(C(=O)c3c(F)cccc3Cl)CC2C1)c1ccccc1. The average Bonchev–Trinajstić information content (AvgIpc) is 3.59. The number of aromatic amines is 1. The number of nitrogens with one attached hydrogen (secondary N) is 2. The van der Waals surface area contributed by atoms with Crippen molar-refractivity contribution in [3.8, 4) is 0 Å². The van der Waals surface area contributed by atoms with Gasteiger partial charge in [0.2, 0.25) is 5.91 Å². The van der Waals surface area contributed by atoms with E-state index in [1.165, 1.54) is 12.1 Å². The van der Waals surface area contributed by atoms with Crippen LogP contribution in [0.1, 0.15) is 34.2 Å². The number of likely N-dealkylation sites (tertiary alicyclic amines) is 2. The van der Waals surface area contributed by atoms with Crippen LogP contribution in [0.5, 0.6) is 0 Å². The van der Waals surface area contributed by atoms with Crippen molar-refractivity contribution in [1.82, 2.24) is 35.7 Å². The number of benzene rings is 2. The van der Waals surface area contributed by atoms with Gasteiger partial charge in [0.15, 0.2) is 5.82 Å². The zero-order valence-electron chi connectivity index (χ0n) is 19.6. The molecule has 5 rings (SSSR count). The van der Waals surface area contributed by atoms with Crippen LogP contribution in [0.2, 0.25) is 5.02 Å². The largest absolute Gasteiger partial charge is 0.349 e. The van der Waals surface area contributed by atoms with Crippen molar-refractivity contribution in [2.24, 2.45) is 11.8 Å². The van der Waals surface area contributed by atoms with Gasteiger partial charge in [0.25, 0.3) is 5.91 Å². The molecule has 0 bridgehead atoms. The molecule has 3 aromatic rings. The lowest BCUT2D eigenvalue weighted by Crippen LogP contribution is -2.36. The number of halogens is 2. The normalized spacial score (nSPS) is 20.3. The van der Waals surface area contributed by atoms with E-state index in [9.17, 15) is 14.0 Å². The minimum Gasteiger partial charge on any atom is -0.349 e. The third-order valence-corrected chi connectivity index (χ3v) is 7.32. The summed E-state index contributed by atoms with van der Waals surface area (Å²) in [7, 11) is 0. The lowest BCUT2D eigenvalue weighted by Gasteiger charge is -2.25. The van der Waals surface area contributed by atoms with Crippen molar-refractivity contribution in [3.63, 3.8) is 0 Å². The van der Waals surface area contributed by atoms with Crippen molar-refractivity contribution in [1.29, 1.82) is 0 Å². The van der Waals surface area contributed by atoms with Crippen LogP contribution in [0.15, 0.2) is 48.5 Å². The quantitative estimate of drug-likeness (QED) is 0.481. The minimum atomic E-state index is -0.584. The second-order valence-electron chi connectivity index (χ2n) is 9.41. The fourth-order valence-electron chi connectivity index (χ4n) is 5.26. The highest BCUT2D eigenvalue weighted by atomic mass is 35.5. The maximum Gasteiger partial charge on any atom is 0.258 e. The monoisotopic (exact) mass is 511 g/mol. The van der Waals surface area contributed by atoms with E-state index in [1.807, 2.05) is 30.3 Å². The number of amides is 2. The Morgan fingerprint density at radius 2 is 1.83 bits per heavy atom. The van der Waals surface area contributed by atoms with Gasteiger partial charge < -0.3 is 15.1 Å². The summed E-state index contributed by atoms with van der Waals surface area (Å²) >= 11 is 6.11. The summed E-state index contributed by atoms with van der Waals surface area (Å²) in [6.45, 7) is 3.71. The lowest BCUT2D eigenvalue weighted by atomic mass is 10.0. The van der Waals surface area contributed by atoms with E-state index >= 15 is 0 Å². The Bertz CT molecular complexity index is 1180. The number of tetrazole rings is 1. The van der Waals surface area contributed by atoms with Crippen LogP contribution >= 0.6 is 11.6 Å². The van der Waals surface area contributed by atoms with Gasteiger partial charge in [-0.05, 0) is 36.0 Å². The summed E-state index contributed by atoms with van der Waals surface area (Å²) in [6.07, 6.45) is 0.804. The molecule has 3 atom stereocenters. The first-order chi connectivity index (χ1) is 17.5. The summed E-state index contributed by atoms with van der Waals surface area (Å²) in [4.78, 5) is 29.6. The number of hydrogen-bond donors (Lipinski definition) is 2. The van der Waals surface area contributed by atoms with E-state index in [0.29, 0.717) is 30.7 Å². The molecular weight excluding hydrogens is 485 g/mol. The molecule has 9 nitrogen and oxygen atoms in total. The molecule has 2 saturated heterocycles. The molecular formula is C25H27ClFN7O2. The third kappa shape index (κ3) is 5.39. The van der Waals surface area contributed by atoms with Crippen LogP contribution in [0, 0.1) is 17.7 Å². The van der Waals surface area contributed by atoms with Crippen molar-refractivity contribution < 1.29 is 14.0 Å². The Morgan fingerprint density at radius 1 is 1.08 bits per heavy atom. The zero-order chi connectivity index (χ0) is 25.1. The summed E-state index contributed by atoms with van der Waals surface area (Å²) in [5, 5.41) is 16.8. The van der Waals surface area contributed by atoms with Crippen molar-refractivity contribution in [2.45, 2.75) is 18.9 Å². The molecule has 36 heavy (non-hydrogen) atoms. The summed E-state index contributed by atoms with van der Waals surface area (Å²) in [6, 6.07) is 14.1. The van der Waals surface area contributed by atoms with Gasteiger partial charge in [0.1, 0.15) is 5.82 Å². The molecule has 11 heteroatoms. The van der Waals surface area contributed by atoms with Gasteiger partial charge in [-0.25, -0.2) is 4.39 Å². The van der Waals surface area contributed by atoms with E-state index < -0.39 is 5.82 Å². The van der Waals surface area contributed by atoms with Gasteiger partial charge >= 0.3 is 0 Å². The number of aromatic nitrogens is 4. The number of nitrogens with zero attached hydrogens (tertiary/aromatic N) is 5. The fourth-order valence-corrected chi connectivity index (χ4v) is 5.51. The van der Waals surface area contributed by atoms with E-state index in [1.54, 1.807) is 11.0 Å². The number of fused-ring (bicyclic) bond motifs is 1. The Balaban J connectivity index is 1.16. The van der Waals surface area contributed by atoms with Crippen LogP contribution in [0.3, 0.4) is 0 Å². The molecule has 3 unspecified atom stereocenters. The van der Waals surface area contributed by atoms with Gasteiger partial charge in [0, 0.05) is 32.7 Å². The van der Waals surface area contributed by atoms with Gasteiger partial charge in [-0.3, -0.25) is 9.59 Å². The Morgan fingerprint density at radius 3 is 2.50 bits per heavy atom. The number of carbonyl (C=O) groups excluding carboxylic acids is 2. The number of carbonyl (C=O) groups is 2. The molecule has 0 radical (unpaired) electrons. The van der Waals surface area contributed by atoms with Crippen LogP contribution in [-0.2, 0) is 11.2 Å². The molecule has 2 amide bonds. The third-order valence-electron chi connectivity index (χ3n) is 7.00. The number of hydrogen-bond acceptors (Lipinski definition) is 6. The van der Waals surface area contributed by atoms with E-state index in [0.717, 1.165) is 31.6 Å². The fraction of sp³-hybridized carbons (Fsp3) is 0.400. The molecule has 188 valence electrons. The molecule has 2 fully saturated rings. The Hall–Kier alpha value is -3.37. The first-order valence-electron chi connectivity index (χ1n) is 12.0. The summed E-state index contributed by atoms with van der Waals surface area (Å²) in [5.74, 6) is -0.0657. The molecule has 1 aromatic heterocycles. The average molecular weight is 512 g/mol. The zero-order valence-corrected chi connectivity index (χ0v) is 20.4. The van der Waals surface area contributed by atoms with Crippen molar-refractivity contribution in [3.05, 3.63) is 76.3 Å². The maximum atomic E-state index is 14.2. The van der Waals surface area contributed by atoms with Crippen LogP contribution in [-0.4, -0.2) is 75.0 Å². The summed E-state index contributed by atoms with van der Waals surface area (Å²) < 4.78 is 14.2. The van der Waals surface area contributed by atoms with Crippen LogP contribution in [0.25, 0.3) is 0 Å². The first kappa shape index (κ1) is 24.3.